The Labute approximate surface area is 106 Å². The van der Waals surface area contributed by atoms with Crippen LogP contribution in [0.15, 0.2) is 18.2 Å². The lowest BCUT2D eigenvalue weighted by molar-refractivity contribution is 0.281. The monoisotopic (exact) mass is 234 g/mol. The Balaban J connectivity index is 2.62. The van der Waals surface area contributed by atoms with E-state index in [1.807, 2.05) is 0 Å². The second kappa shape index (κ2) is 8.30. The molecule has 0 amide bonds. The summed E-state index contributed by atoms with van der Waals surface area (Å²) in [5.74, 6) is 0. The summed E-state index contributed by atoms with van der Waals surface area (Å²) in [6.07, 6.45) is 8.78. The van der Waals surface area contributed by atoms with Gasteiger partial charge in [-0.3, -0.25) is 0 Å². The van der Waals surface area contributed by atoms with Crippen molar-refractivity contribution < 1.29 is 5.11 Å². The van der Waals surface area contributed by atoms with Crippen LogP contribution in [-0.4, -0.2) is 5.11 Å². The van der Waals surface area contributed by atoms with Gasteiger partial charge in [0.05, 0.1) is 6.61 Å². The van der Waals surface area contributed by atoms with Crippen molar-refractivity contribution >= 4 is 0 Å². The first kappa shape index (κ1) is 14.2. The molecular formula is C16H26O. The van der Waals surface area contributed by atoms with Gasteiger partial charge in [0.2, 0.25) is 0 Å². The van der Waals surface area contributed by atoms with Gasteiger partial charge in [-0.15, -0.1) is 0 Å². The first-order valence-corrected chi connectivity index (χ1v) is 7.03. The molecule has 0 saturated heterocycles. The number of aliphatic hydroxyl groups excluding tert-OH is 1. The maximum atomic E-state index is 9.17. The minimum absolute atomic E-state index is 0.160. The lowest BCUT2D eigenvalue weighted by Crippen LogP contribution is -1.97. The molecule has 0 aliphatic carbocycles. The molecule has 0 aliphatic rings. The Hall–Kier alpha value is -0.820. The van der Waals surface area contributed by atoms with E-state index in [-0.39, 0.29) is 6.61 Å². The number of hydrogen-bond acceptors (Lipinski definition) is 1. The minimum Gasteiger partial charge on any atom is -0.392 e. The molecule has 0 spiro atoms. The van der Waals surface area contributed by atoms with Gasteiger partial charge in [-0.05, 0) is 36.0 Å². The largest absolute Gasteiger partial charge is 0.392 e. The van der Waals surface area contributed by atoms with E-state index < -0.39 is 0 Å². The van der Waals surface area contributed by atoms with Gasteiger partial charge in [-0.2, -0.15) is 0 Å². The SMILES string of the molecule is CCCCCCc1ccc(CO)cc1CCC. The van der Waals surface area contributed by atoms with E-state index in [0.717, 1.165) is 12.0 Å². The Morgan fingerprint density at radius 3 is 2.35 bits per heavy atom. The van der Waals surface area contributed by atoms with Crippen molar-refractivity contribution in [1.82, 2.24) is 0 Å². The zero-order valence-corrected chi connectivity index (χ0v) is 11.3. The quantitative estimate of drug-likeness (QED) is 0.667. The molecule has 0 aromatic heterocycles. The lowest BCUT2D eigenvalue weighted by Gasteiger charge is -2.10. The smallest absolute Gasteiger partial charge is 0.0681 e. The molecule has 0 bridgehead atoms. The molecule has 0 radical (unpaired) electrons. The number of aliphatic hydroxyl groups is 1. The summed E-state index contributed by atoms with van der Waals surface area (Å²) in [6.45, 7) is 4.62. The zero-order chi connectivity index (χ0) is 12.5. The minimum atomic E-state index is 0.160. The van der Waals surface area contributed by atoms with Crippen molar-refractivity contribution in [2.24, 2.45) is 0 Å². The summed E-state index contributed by atoms with van der Waals surface area (Å²) < 4.78 is 0. The molecule has 1 rings (SSSR count). The fourth-order valence-electron chi connectivity index (χ4n) is 2.27. The molecule has 0 unspecified atom stereocenters. The van der Waals surface area contributed by atoms with Gasteiger partial charge in [-0.1, -0.05) is 57.7 Å². The molecular weight excluding hydrogens is 208 g/mol. The van der Waals surface area contributed by atoms with Crippen LogP contribution in [0.5, 0.6) is 0 Å². The van der Waals surface area contributed by atoms with E-state index in [4.69, 9.17) is 5.11 Å². The van der Waals surface area contributed by atoms with E-state index in [2.05, 4.69) is 32.0 Å². The Kier molecular flexibility index (Phi) is 6.95. The van der Waals surface area contributed by atoms with Gasteiger partial charge >= 0.3 is 0 Å². The summed E-state index contributed by atoms with van der Waals surface area (Å²) in [5.41, 5.74) is 3.97. The summed E-state index contributed by atoms with van der Waals surface area (Å²) in [4.78, 5) is 0. The zero-order valence-electron chi connectivity index (χ0n) is 11.3. The van der Waals surface area contributed by atoms with Crippen molar-refractivity contribution in [3.63, 3.8) is 0 Å². The van der Waals surface area contributed by atoms with Crippen LogP contribution in [0.3, 0.4) is 0 Å². The highest BCUT2D eigenvalue weighted by molar-refractivity contribution is 5.32. The van der Waals surface area contributed by atoms with Crippen LogP contribution in [0.2, 0.25) is 0 Å². The number of rotatable bonds is 8. The Morgan fingerprint density at radius 1 is 0.882 bits per heavy atom. The fourth-order valence-corrected chi connectivity index (χ4v) is 2.27. The Bertz CT molecular complexity index is 317. The average molecular weight is 234 g/mol. The number of unbranched alkanes of at least 4 members (excludes halogenated alkanes) is 3. The summed E-state index contributed by atoms with van der Waals surface area (Å²) >= 11 is 0. The average Bonchev–Trinajstić information content (AvgIpc) is 2.36. The highest BCUT2D eigenvalue weighted by Crippen LogP contribution is 2.17. The predicted molar refractivity (Wildman–Crippen MR) is 74.2 cm³/mol. The molecule has 0 aliphatic heterocycles. The highest BCUT2D eigenvalue weighted by Gasteiger charge is 2.03. The van der Waals surface area contributed by atoms with Crippen LogP contribution in [0.25, 0.3) is 0 Å². The molecule has 1 aromatic carbocycles. The van der Waals surface area contributed by atoms with Crippen molar-refractivity contribution in [2.45, 2.75) is 65.4 Å². The molecule has 17 heavy (non-hydrogen) atoms. The van der Waals surface area contributed by atoms with Crippen molar-refractivity contribution in [2.75, 3.05) is 0 Å². The van der Waals surface area contributed by atoms with Gasteiger partial charge in [-0.25, -0.2) is 0 Å². The molecule has 1 N–H and O–H groups in total. The molecule has 1 aromatic rings. The van der Waals surface area contributed by atoms with E-state index >= 15 is 0 Å². The lowest BCUT2D eigenvalue weighted by atomic mass is 9.96. The van der Waals surface area contributed by atoms with Crippen LogP contribution in [0, 0.1) is 0 Å². The van der Waals surface area contributed by atoms with Gasteiger partial charge in [0.1, 0.15) is 0 Å². The van der Waals surface area contributed by atoms with E-state index in [1.54, 1.807) is 0 Å². The van der Waals surface area contributed by atoms with Gasteiger partial charge in [0.25, 0.3) is 0 Å². The summed E-state index contributed by atoms with van der Waals surface area (Å²) in [5, 5.41) is 9.17. The summed E-state index contributed by atoms with van der Waals surface area (Å²) in [6, 6.07) is 6.45. The van der Waals surface area contributed by atoms with Gasteiger partial charge in [0, 0.05) is 0 Å². The normalized spacial score (nSPS) is 10.8. The summed E-state index contributed by atoms with van der Waals surface area (Å²) in [7, 11) is 0. The van der Waals surface area contributed by atoms with Crippen molar-refractivity contribution in [3.8, 4) is 0 Å². The maximum Gasteiger partial charge on any atom is 0.0681 e. The first-order valence-electron chi connectivity index (χ1n) is 7.03. The molecule has 1 nitrogen and oxygen atoms in total. The molecule has 0 atom stereocenters. The maximum absolute atomic E-state index is 9.17. The third kappa shape index (κ3) is 4.91. The van der Waals surface area contributed by atoms with Crippen LogP contribution in [0.1, 0.15) is 62.6 Å². The van der Waals surface area contributed by atoms with Crippen LogP contribution >= 0.6 is 0 Å². The second-order valence-electron chi connectivity index (χ2n) is 4.82. The predicted octanol–water partition coefficient (Wildman–Crippen LogP) is 4.25. The molecule has 1 heteroatoms. The van der Waals surface area contributed by atoms with Crippen LogP contribution in [0.4, 0.5) is 0 Å². The molecule has 0 fully saturated rings. The third-order valence-corrected chi connectivity index (χ3v) is 3.27. The topological polar surface area (TPSA) is 20.2 Å². The van der Waals surface area contributed by atoms with Crippen molar-refractivity contribution in [1.29, 1.82) is 0 Å². The third-order valence-electron chi connectivity index (χ3n) is 3.27. The fraction of sp³-hybridized carbons (Fsp3) is 0.625. The van der Waals surface area contributed by atoms with E-state index in [9.17, 15) is 0 Å². The number of hydrogen-bond donors (Lipinski definition) is 1. The van der Waals surface area contributed by atoms with E-state index in [0.29, 0.717) is 0 Å². The molecule has 0 saturated carbocycles. The molecule has 0 heterocycles. The Morgan fingerprint density at radius 2 is 1.71 bits per heavy atom. The standard InChI is InChI=1S/C16H26O/c1-3-5-6-7-9-15-11-10-14(13-17)12-16(15)8-4-2/h10-12,17H,3-9,13H2,1-2H3. The van der Waals surface area contributed by atoms with Crippen molar-refractivity contribution in [3.05, 3.63) is 34.9 Å². The highest BCUT2D eigenvalue weighted by atomic mass is 16.3. The molecule has 96 valence electrons. The van der Waals surface area contributed by atoms with Crippen LogP contribution in [-0.2, 0) is 19.4 Å². The number of aryl methyl sites for hydroxylation is 2. The van der Waals surface area contributed by atoms with Gasteiger partial charge in [0.15, 0.2) is 0 Å². The second-order valence-corrected chi connectivity index (χ2v) is 4.82. The first-order chi connectivity index (χ1) is 8.31. The van der Waals surface area contributed by atoms with E-state index in [1.165, 1.54) is 49.7 Å². The van der Waals surface area contributed by atoms with Crippen LogP contribution < -0.4 is 0 Å². The number of benzene rings is 1. The van der Waals surface area contributed by atoms with Gasteiger partial charge < -0.3 is 5.11 Å².